The maximum Gasteiger partial charge on any atom is 0.408 e. The Bertz CT molecular complexity index is 1180. The summed E-state index contributed by atoms with van der Waals surface area (Å²) in [6, 6.07) is 24.4. The van der Waals surface area contributed by atoms with Crippen molar-refractivity contribution >= 4 is 17.9 Å². The van der Waals surface area contributed by atoms with E-state index in [1.54, 1.807) is 28.0 Å². The molecule has 0 spiro atoms. The van der Waals surface area contributed by atoms with Crippen molar-refractivity contribution in [2.45, 2.75) is 19.1 Å². The molecule has 36 heavy (non-hydrogen) atoms. The summed E-state index contributed by atoms with van der Waals surface area (Å²) in [5.41, 5.74) is 2.00. The summed E-state index contributed by atoms with van der Waals surface area (Å²) in [5, 5.41) is 12.7. The molecule has 2 N–H and O–H groups in total. The molecule has 1 unspecified atom stereocenters. The van der Waals surface area contributed by atoms with Gasteiger partial charge in [0.25, 0.3) is 5.91 Å². The number of benzene rings is 3. The second-order valence-electron chi connectivity index (χ2n) is 8.58. The molecule has 1 aliphatic rings. The normalized spacial score (nSPS) is 14.1. The van der Waals surface area contributed by atoms with Gasteiger partial charge in [-0.2, -0.15) is 0 Å². The zero-order chi connectivity index (χ0) is 25.3. The first-order valence-electron chi connectivity index (χ1n) is 11.9. The quantitative estimate of drug-likeness (QED) is 0.533. The van der Waals surface area contributed by atoms with E-state index in [1.165, 1.54) is 6.07 Å². The van der Waals surface area contributed by atoms with Crippen LogP contribution in [0.15, 0.2) is 84.9 Å². The molecule has 8 heteroatoms. The van der Waals surface area contributed by atoms with Crippen LogP contribution in [0.5, 0.6) is 5.75 Å². The fraction of sp³-hybridized carbons (Fsp3) is 0.250. The molecule has 186 valence electrons. The summed E-state index contributed by atoms with van der Waals surface area (Å²) in [7, 11) is 0. The monoisotopic (exact) mass is 487 g/mol. The van der Waals surface area contributed by atoms with Crippen LogP contribution >= 0.6 is 0 Å². The Hall–Kier alpha value is -4.33. The smallest absolute Gasteiger partial charge is 0.408 e. The molecule has 1 aliphatic heterocycles. The van der Waals surface area contributed by atoms with Gasteiger partial charge in [-0.1, -0.05) is 72.8 Å². The minimum atomic E-state index is -0.809. The minimum absolute atomic E-state index is 0.0675. The van der Waals surface area contributed by atoms with Gasteiger partial charge in [0, 0.05) is 32.6 Å². The van der Waals surface area contributed by atoms with E-state index in [9.17, 15) is 19.5 Å². The molecule has 0 bridgehead atoms. The highest BCUT2D eigenvalue weighted by Gasteiger charge is 2.31. The molecule has 8 nitrogen and oxygen atoms in total. The van der Waals surface area contributed by atoms with E-state index >= 15 is 0 Å². The Morgan fingerprint density at radius 3 is 1.97 bits per heavy atom. The molecule has 0 radical (unpaired) electrons. The number of ether oxygens (including phenoxy) is 1. The molecule has 1 saturated heterocycles. The number of hydrogen-bond acceptors (Lipinski definition) is 5. The first-order valence-corrected chi connectivity index (χ1v) is 11.9. The Morgan fingerprint density at radius 2 is 1.33 bits per heavy atom. The van der Waals surface area contributed by atoms with Crippen molar-refractivity contribution in [1.29, 1.82) is 0 Å². The zero-order valence-corrected chi connectivity index (χ0v) is 19.9. The number of nitrogens with one attached hydrogen (secondary N) is 1. The number of para-hydroxylation sites is 1. The van der Waals surface area contributed by atoms with Crippen molar-refractivity contribution in [1.82, 2.24) is 15.1 Å². The third-order valence-corrected chi connectivity index (χ3v) is 6.10. The Kier molecular flexibility index (Phi) is 8.18. The molecule has 1 heterocycles. The predicted molar refractivity (Wildman–Crippen MR) is 134 cm³/mol. The van der Waals surface area contributed by atoms with Crippen LogP contribution < -0.4 is 5.32 Å². The Labute approximate surface area is 210 Å². The molecule has 3 amide bonds. The lowest BCUT2D eigenvalue weighted by molar-refractivity contribution is -0.134. The number of alkyl carbamates (subject to hydrolysis) is 1. The largest absolute Gasteiger partial charge is 0.507 e. The minimum Gasteiger partial charge on any atom is -0.507 e. The van der Waals surface area contributed by atoms with E-state index in [1.807, 2.05) is 60.7 Å². The zero-order valence-electron chi connectivity index (χ0n) is 19.9. The van der Waals surface area contributed by atoms with Gasteiger partial charge < -0.3 is 25.0 Å². The average molecular weight is 488 g/mol. The van der Waals surface area contributed by atoms with Gasteiger partial charge in [-0.3, -0.25) is 9.59 Å². The molecule has 0 aliphatic carbocycles. The average Bonchev–Trinajstić information content (AvgIpc) is 2.92. The lowest BCUT2D eigenvalue weighted by Crippen LogP contribution is -2.56. The third kappa shape index (κ3) is 6.41. The number of rotatable bonds is 7. The van der Waals surface area contributed by atoms with Crippen molar-refractivity contribution in [3.8, 4) is 5.75 Å². The van der Waals surface area contributed by atoms with Crippen LogP contribution in [-0.2, 0) is 22.6 Å². The van der Waals surface area contributed by atoms with Crippen LogP contribution in [0.25, 0.3) is 0 Å². The highest BCUT2D eigenvalue weighted by molar-refractivity contribution is 5.97. The fourth-order valence-corrected chi connectivity index (χ4v) is 4.13. The van der Waals surface area contributed by atoms with Crippen molar-refractivity contribution in [2.24, 2.45) is 0 Å². The van der Waals surface area contributed by atoms with Crippen LogP contribution in [-0.4, -0.2) is 65.0 Å². The molecule has 0 aromatic heterocycles. The van der Waals surface area contributed by atoms with E-state index < -0.39 is 12.1 Å². The predicted octanol–water partition coefficient (Wildman–Crippen LogP) is 3.21. The van der Waals surface area contributed by atoms with Gasteiger partial charge >= 0.3 is 6.09 Å². The maximum absolute atomic E-state index is 13.4. The summed E-state index contributed by atoms with van der Waals surface area (Å²) in [6.45, 7) is 1.41. The molecule has 1 atom stereocenters. The third-order valence-electron chi connectivity index (χ3n) is 6.10. The van der Waals surface area contributed by atoms with Gasteiger partial charge in [0.05, 0.1) is 5.56 Å². The van der Waals surface area contributed by atoms with Crippen molar-refractivity contribution in [3.05, 3.63) is 102 Å². The maximum atomic E-state index is 13.4. The summed E-state index contributed by atoms with van der Waals surface area (Å²) in [5.74, 6) is -0.573. The highest BCUT2D eigenvalue weighted by atomic mass is 16.5. The van der Waals surface area contributed by atoms with Gasteiger partial charge in [0.15, 0.2) is 0 Å². The van der Waals surface area contributed by atoms with Gasteiger partial charge in [0.1, 0.15) is 18.4 Å². The second kappa shape index (κ2) is 11.9. The highest BCUT2D eigenvalue weighted by Crippen LogP contribution is 2.19. The molecule has 0 saturated carbocycles. The SMILES string of the molecule is O=C(NC(Cc1ccccc1)C(=O)N1CCN(C(=O)c2ccccc2O)CC1)OCc1ccccc1. The molecule has 3 aromatic carbocycles. The van der Waals surface area contributed by atoms with Crippen LogP contribution in [0.2, 0.25) is 0 Å². The summed E-state index contributed by atoms with van der Waals surface area (Å²) in [4.78, 5) is 42.0. The van der Waals surface area contributed by atoms with Crippen LogP contribution in [0.3, 0.4) is 0 Å². The van der Waals surface area contributed by atoms with E-state index in [4.69, 9.17) is 4.74 Å². The summed E-state index contributed by atoms with van der Waals surface area (Å²) < 4.78 is 5.35. The van der Waals surface area contributed by atoms with E-state index in [0.717, 1.165) is 11.1 Å². The number of phenols is 1. The number of carbonyl (C=O) groups is 3. The van der Waals surface area contributed by atoms with E-state index in [0.29, 0.717) is 32.6 Å². The number of piperazine rings is 1. The molecule has 1 fully saturated rings. The van der Waals surface area contributed by atoms with Gasteiger partial charge in [-0.25, -0.2) is 4.79 Å². The van der Waals surface area contributed by atoms with Crippen LogP contribution in [0.4, 0.5) is 4.79 Å². The molecular weight excluding hydrogens is 458 g/mol. The summed E-state index contributed by atoms with van der Waals surface area (Å²) >= 11 is 0. The number of carbonyl (C=O) groups excluding carboxylic acids is 3. The number of nitrogens with zero attached hydrogens (tertiary/aromatic N) is 2. The van der Waals surface area contributed by atoms with Crippen molar-refractivity contribution in [2.75, 3.05) is 26.2 Å². The van der Waals surface area contributed by atoms with Gasteiger partial charge in [0.2, 0.25) is 5.91 Å². The number of hydrogen-bond donors (Lipinski definition) is 2. The van der Waals surface area contributed by atoms with Gasteiger partial charge in [-0.15, -0.1) is 0 Å². The van der Waals surface area contributed by atoms with E-state index in [-0.39, 0.29) is 29.7 Å². The number of amides is 3. The van der Waals surface area contributed by atoms with Crippen molar-refractivity contribution in [3.63, 3.8) is 0 Å². The number of aromatic hydroxyl groups is 1. The second-order valence-corrected chi connectivity index (χ2v) is 8.58. The number of phenolic OH excluding ortho intramolecular Hbond substituents is 1. The lowest BCUT2D eigenvalue weighted by atomic mass is 10.0. The topological polar surface area (TPSA) is 99.2 Å². The van der Waals surface area contributed by atoms with Crippen molar-refractivity contribution < 1.29 is 24.2 Å². The Balaban J connectivity index is 1.38. The molecule has 3 aromatic rings. The van der Waals surface area contributed by atoms with Crippen LogP contribution in [0, 0.1) is 0 Å². The fourth-order valence-electron chi connectivity index (χ4n) is 4.13. The van der Waals surface area contributed by atoms with Crippen LogP contribution in [0.1, 0.15) is 21.5 Å². The Morgan fingerprint density at radius 1 is 0.778 bits per heavy atom. The lowest BCUT2D eigenvalue weighted by Gasteiger charge is -2.36. The first kappa shape index (κ1) is 24.8. The molecule has 4 rings (SSSR count). The first-order chi connectivity index (χ1) is 17.5. The van der Waals surface area contributed by atoms with E-state index in [2.05, 4.69) is 5.32 Å². The summed E-state index contributed by atoms with van der Waals surface area (Å²) in [6.07, 6.45) is -0.349. The molecular formula is C28H29N3O5. The standard InChI is InChI=1S/C28H29N3O5/c32-25-14-8-7-13-23(25)26(33)30-15-17-31(18-16-30)27(34)24(19-21-9-3-1-4-10-21)29-28(35)36-20-22-11-5-2-6-12-22/h1-14,24,32H,15-20H2,(H,29,35). The van der Waals surface area contributed by atoms with Gasteiger partial charge in [-0.05, 0) is 23.3 Å².